The minimum atomic E-state index is 0.746. The average molecular weight is 224 g/mol. The lowest BCUT2D eigenvalue weighted by Crippen LogP contribution is -2.13. The quantitative estimate of drug-likeness (QED) is 0.751. The summed E-state index contributed by atoms with van der Waals surface area (Å²) in [7, 11) is 0. The molecule has 1 aliphatic rings. The Morgan fingerprint density at radius 2 is 2.20 bits per heavy atom. The van der Waals surface area contributed by atoms with Crippen LogP contribution in [0.3, 0.4) is 0 Å². The monoisotopic (exact) mass is 223 g/mol. The Kier molecular flexibility index (Phi) is 3.66. The van der Waals surface area contributed by atoms with Crippen molar-refractivity contribution in [1.82, 2.24) is 5.32 Å². The van der Waals surface area contributed by atoms with Crippen LogP contribution in [0, 0.1) is 0 Å². The summed E-state index contributed by atoms with van der Waals surface area (Å²) in [6.45, 7) is 4.18. The molecule has 0 aliphatic heterocycles. The van der Waals surface area contributed by atoms with Crippen LogP contribution in [-0.4, -0.2) is 6.54 Å². The molecule has 1 nitrogen and oxygen atoms in total. The van der Waals surface area contributed by atoms with Gasteiger partial charge in [0.15, 0.2) is 0 Å². The summed E-state index contributed by atoms with van der Waals surface area (Å²) in [5.41, 5.74) is 2.63. The summed E-state index contributed by atoms with van der Waals surface area (Å²) < 4.78 is 0. The largest absolute Gasteiger partial charge is 0.313 e. The zero-order valence-electron chi connectivity index (χ0n) is 9.22. The highest BCUT2D eigenvalue weighted by Crippen LogP contribution is 2.43. The topological polar surface area (TPSA) is 12.0 Å². The van der Waals surface area contributed by atoms with E-state index in [1.807, 2.05) is 0 Å². The summed E-state index contributed by atoms with van der Waals surface area (Å²) in [5.74, 6) is 0.746. The predicted octanol–water partition coefficient (Wildman–Crippen LogP) is 3.72. The van der Waals surface area contributed by atoms with Crippen LogP contribution in [0.15, 0.2) is 18.2 Å². The molecule has 0 aromatic heterocycles. The molecule has 0 saturated heterocycles. The Bertz CT molecular complexity index is 331. The van der Waals surface area contributed by atoms with Crippen molar-refractivity contribution in [2.24, 2.45) is 0 Å². The van der Waals surface area contributed by atoms with Crippen LogP contribution in [0.25, 0.3) is 0 Å². The molecule has 0 heterocycles. The van der Waals surface area contributed by atoms with Crippen LogP contribution < -0.4 is 5.32 Å². The second kappa shape index (κ2) is 5.00. The highest BCUT2D eigenvalue weighted by atomic mass is 35.5. The van der Waals surface area contributed by atoms with E-state index < -0.39 is 0 Å². The first-order valence-electron chi connectivity index (χ1n) is 5.80. The fraction of sp³-hybridized carbons (Fsp3) is 0.538. The van der Waals surface area contributed by atoms with Gasteiger partial charge in [-0.2, -0.15) is 0 Å². The number of rotatable bonds is 5. The van der Waals surface area contributed by atoms with Crippen LogP contribution >= 0.6 is 11.6 Å². The minimum Gasteiger partial charge on any atom is -0.313 e. The normalized spacial score (nSPS) is 15.6. The van der Waals surface area contributed by atoms with Gasteiger partial charge in [-0.15, -0.1) is 0 Å². The zero-order valence-corrected chi connectivity index (χ0v) is 9.98. The van der Waals surface area contributed by atoms with Gasteiger partial charge in [0.05, 0.1) is 0 Å². The van der Waals surface area contributed by atoms with Crippen molar-refractivity contribution in [1.29, 1.82) is 0 Å². The van der Waals surface area contributed by atoms with Gasteiger partial charge in [0, 0.05) is 11.6 Å². The number of hydrogen-bond acceptors (Lipinski definition) is 1. The van der Waals surface area contributed by atoms with Crippen LogP contribution in [-0.2, 0) is 6.54 Å². The number of halogens is 1. The molecule has 0 bridgehead atoms. The number of nitrogens with one attached hydrogen (secondary N) is 1. The van der Waals surface area contributed by atoms with Crippen LogP contribution in [0.5, 0.6) is 0 Å². The third kappa shape index (κ3) is 2.96. The molecule has 0 radical (unpaired) electrons. The van der Waals surface area contributed by atoms with Gasteiger partial charge < -0.3 is 5.32 Å². The number of hydrogen-bond donors (Lipinski definition) is 1. The molecule has 1 fully saturated rings. The van der Waals surface area contributed by atoms with E-state index in [0.29, 0.717) is 0 Å². The maximum atomic E-state index is 6.25. The molecule has 15 heavy (non-hydrogen) atoms. The standard InChI is InChI=1S/C13H18ClN/c1-2-7-15-9-10-3-6-12(11-4-5-11)13(14)8-10/h3,6,8,11,15H,2,4-5,7,9H2,1H3. The van der Waals surface area contributed by atoms with Gasteiger partial charge in [0.25, 0.3) is 0 Å². The maximum absolute atomic E-state index is 6.25. The van der Waals surface area contributed by atoms with Crippen molar-refractivity contribution in [3.8, 4) is 0 Å². The Hall–Kier alpha value is -0.530. The molecule has 1 N–H and O–H groups in total. The van der Waals surface area contributed by atoms with Crippen molar-refractivity contribution in [3.05, 3.63) is 34.3 Å². The van der Waals surface area contributed by atoms with E-state index >= 15 is 0 Å². The predicted molar refractivity (Wildman–Crippen MR) is 65.4 cm³/mol. The van der Waals surface area contributed by atoms with Gasteiger partial charge in [-0.3, -0.25) is 0 Å². The SMILES string of the molecule is CCCNCc1ccc(C2CC2)c(Cl)c1. The first-order valence-corrected chi connectivity index (χ1v) is 6.18. The zero-order chi connectivity index (χ0) is 10.7. The van der Waals surface area contributed by atoms with Gasteiger partial charge >= 0.3 is 0 Å². The molecule has 2 heteroatoms. The number of benzene rings is 1. The molecule has 82 valence electrons. The van der Waals surface area contributed by atoms with E-state index in [0.717, 1.165) is 24.0 Å². The highest BCUT2D eigenvalue weighted by molar-refractivity contribution is 6.31. The van der Waals surface area contributed by atoms with Gasteiger partial charge in [-0.25, -0.2) is 0 Å². The Balaban J connectivity index is 1.98. The van der Waals surface area contributed by atoms with Gasteiger partial charge in [0.1, 0.15) is 0 Å². The van der Waals surface area contributed by atoms with Crippen LogP contribution in [0.2, 0.25) is 5.02 Å². The molecular formula is C13H18ClN. The van der Waals surface area contributed by atoms with E-state index in [1.54, 1.807) is 0 Å². The second-order valence-electron chi connectivity index (χ2n) is 4.31. The molecule has 1 aromatic carbocycles. The van der Waals surface area contributed by atoms with Crippen LogP contribution in [0.4, 0.5) is 0 Å². The Morgan fingerprint density at radius 1 is 1.40 bits per heavy atom. The molecule has 1 aliphatic carbocycles. The Labute approximate surface area is 96.8 Å². The van der Waals surface area contributed by atoms with E-state index in [-0.39, 0.29) is 0 Å². The van der Waals surface area contributed by atoms with Crippen molar-refractivity contribution >= 4 is 11.6 Å². The third-order valence-corrected chi connectivity index (χ3v) is 3.17. The average Bonchev–Trinajstić information content (AvgIpc) is 3.02. The summed E-state index contributed by atoms with van der Waals surface area (Å²) in [4.78, 5) is 0. The van der Waals surface area contributed by atoms with Crippen molar-refractivity contribution in [3.63, 3.8) is 0 Å². The first-order chi connectivity index (χ1) is 7.31. The van der Waals surface area contributed by atoms with Crippen molar-refractivity contribution in [2.45, 2.75) is 38.6 Å². The molecule has 1 saturated carbocycles. The molecule has 2 rings (SSSR count). The van der Waals surface area contributed by atoms with Gasteiger partial charge in [-0.05, 0) is 48.9 Å². The van der Waals surface area contributed by atoms with Crippen LogP contribution in [0.1, 0.15) is 43.2 Å². The van der Waals surface area contributed by atoms with E-state index in [1.165, 1.54) is 30.4 Å². The van der Waals surface area contributed by atoms with Gasteiger partial charge in [0.2, 0.25) is 0 Å². The highest BCUT2D eigenvalue weighted by Gasteiger charge is 2.25. The summed E-state index contributed by atoms with van der Waals surface area (Å²) in [5, 5.41) is 4.34. The van der Waals surface area contributed by atoms with E-state index in [9.17, 15) is 0 Å². The lowest BCUT2D eigenvalue weighted by atomic mass is 10.1. The fourth-order valence-electron chi connectivity index (χ4n) is 1.82. The Morgan fingerprint density at radius 3 is 2.80 bits per heavy atom. The van der Waals surface area contributed by atoms with Gasteiger partial charge in [-0.1, -0.05) is 30.7 Å². The van der Waals surface area contributed by atoms with E-state index in [4.69, 9.17) is 11.6 Å². The summed E-state index contributed by atoms with van der Waals surface area (Å²) in [6.07, 6.45) is 3.80. The molecule has 0 atom stereocenters. The van der Waals surface area contributed by atoms with E-state index in [2.05, 4.69) is 30.4 Å². The smallest absolute Gasteiger partial charge is 0.0444 e. The maximum Gasteiger partial charge on any atom is 0.0444 e. The lowest BCUT2D eigenvalue weighted by Gasteiger charge is -2.07. The third-order valence-electron chi connectivity index (χ3n) is 2.84. The molecule has 0 amide bonds. The van der Waals surface area contributed by atoms with Crippen molar-refractivity contribution in [2.75, 3.05) is 6.54 Å². The molecule has 0 spiro atoms. The minimum absolute atomic E-state index is 0.746. The molecular weight excluding hydrogens is 206 g/mol. The molecule has 1 aromatic rings. The first kappa shape index (κ1) is 11.0. The second-order valence-corrected chi connectivity index (χ2v) is 4.71. The van der Waals surface area contributed by atoms with Crippen molar-refractivity contribution < 1.29 is 0 Å². The lowest BCUT2D eigenvalue weighted by molar-refractivity contribution is 0.675. The molecule has 0 unspecified atom stereocenters. The summed E-state index contributed by atoms with van der Waals surface area (Å²) >= 11 is 6.25. The summed E-state index contributed by atoms with van der Waals surface area (Å²) in [6, 6.07) is 6.50. The fourth-order valence-corrected chi connectivity index (χ4v) is 2.17.